The molecule has 1 aromatic heterocycles. The van der Waals surface area contributed by atoms with Gasteiger partial charge in [-0.1, -0.05) is 0 Å². The Balaban J connectivity index is 3.21. The molecule has 2 N–H and O–H groups in total. The largest absolute Gasteiger partial charge is 0.480 e. The molecule has 0 aromatic carbocycles. The molecule has 0 bridgehead atoms. The molecular weight excluding hydrogens is 215 g/mol. The van der Waals surface area contributed by atoms with Gasteiger partial charge in [0.05, 0.1) is 11.6 Å². The predicted molar refractivity (Wildman–Crippen MR) is 42.9 cm³/mol. The third kappa shape index (κ3) is 1.59. The van der Waals surface area contributed by atoms with Crippen molar-refractivity contribution >= 4 is 21.7 Å². The molecule has 60 valence electrons. The highest BCUT2D eigenvalue weighted by Crippen LogP contribution is 2.24. The lowest BCUT2D eigenvalue weighted by molar-refractivity contribution is 0.394. The van der Waals surface area contributed by atoms with Crippen molar-refractivity contribution in [3.8, 4) is 5.88 Å². The Morgan fingerprint density at radius 3 is 2.91 bits per heavy atom. The second kappa shape index (κ2) is 3.04. The van der Waals surface area contributed by atoms with Gasteiger partial charge in [0.15, 0.2) is 11.6 Å². The SMILES string of the molecule is COc1nc(N)c(F)cc1Br. The zero-order chi connectivity index (χ0) is 8.43. The molecule has 0 saturated heterocycles. The summed E-state index contributed by atoms with van der Waals surface area (Å²) in [5.41, 5.74) is 5.18. The van der Waals surface area contributed by atoms with Crippen molar-refractivity contribution in [2.24, 2.45) is 0 Å². The summed E-state index contributed by atoms with van der Waals surface area (Å²) in [7, 11) is 1.43. The fraction of sp³-hybridized carbons (Fsp3) is 0.167. The summed E-state index contributed by atoms with van der Waals surface area (Å²) in [5, 5.41) is 0. The maximum Gasteiger partial charge on any atom is 0.229 e. The molecule has 0 unspecified atom stereocenters. The standard InChI is InChI=1S/C6H6BrFN2O/c1-11-6-3(7)2-4(8)5(9)10-6/h2H,1H3,(H2,9,10). The number of aromatic nitrogens is 1. The van der Waals surface area contributed by atoms with E-state index in [1.165, 1.54) is 13.2 Å². The molecule has 0 fully saturated rings. The van der Waals surface area contributed by atoms with Crippen molar-refractivity contribution in [3.05, 3.63) is 16.4 Å². The van der Waals surface area contributed by atoms with Crippen LogP contribution < -0.4 is 10.5 Å². The van der Waals surface area contributed by atoms with Crippen LogP contribution in [-0.2, 0) is 0 Å². The Hall–Kier alpha value is -0.840. The van der Waals surface area contributed by atoms with Gasteiger partial charge in [-0.2, -0.15) is 4.98 Å². The summed E-state index contributed by atoms with van der Waals surface area (Å²) in [4.78, 5) is 3.62. The van der Waals surface area contributed by atoms with Gasteiger partial charge >= 0.3 is 0 Å². The van der Waals surface area contributed by atoms with Crippen molar-refractivity contribution in [1.29, 1.82) is 0 Å². The van der Waals surface area contributed by atoms with Crippen molar-refractivity contribution in [2.45, 2.75) is 0 Å². The third-order valence-corrected chi connectivity index (χ3v) is 1.69. The molecule has 1 heterocycles. The molecule has 5 heteroatoms. The normalized spacial score (nSPS) is 9.73. The molecule has 11 heavy (non-hydrogen) atoms. The molecular formula is C6H6BrFN2O. The smallest absolute Gasteiger partial charge is 0.229 e. The zero-order valence-corrected chi connectivity index (χ0v) is 7.35. The summed E-state index contributed by atoms with van der Waals surface area (Å²) in [6, 6.07) is 1.21. The molecule has 0 spiro atoms. The summed E-state index contributed by atoms with van der Waals surface area (Å²) in [6.45, 7) is 0. The number of halogens is 2. The molecule has 0 aliphatic carbocycles. The molecule has 1 rings (SSSR count). The number of hydrogen-bond donors (Lipinski definition) is 1. The number of pyridine rings is 1. The van der Waals surface area contributed by atoms with E-state index in [2.05, 4.69) is 20.9 Å². The molecule has 3 nitrogen and oxygen atoms in total. The van der Waals surface area contributed by atoms with Gasteiger partial charge < -0.3 is 10.5 Å². The van der Waals surface area contributed by atoms with Crippen molar-refractivity contribution in [1.82, 2.24) is 4.98 Å². The van der Waals surface area contributed by atoms with Crippen molar-refractivity contribution in [2.75, 3.05) is 12.8 Å². The Morgan fingerprint density at radius 1 is 1.73 bits per heavy atom. The van der Waals surface area contributed by atoms with Crippen LogP contribution in [0.15, 0.2) is 10.5 Å². The maximum atomic E-state index is 12.6. The quantitative estimate of drug-likeness (QED) is 0.782. The van der Waals surface area contributed by atoms with Crippen LogP contribution in [0.3, 0.4) is 0 Å². The van der Waals surface area contributed by atoms with Gasteiger partial charge in [0.2, 0.25) is 5.88 Å². The Labute approximate surface area is 71.5 Å². The van der Waals surface area contributed by atoms with E-state index in [4.69, 9.17) is 10.5 Å². The Morgan fingerprint density at radius 2 is 2.36 bits per heavy atom. The minimum Gasteiger partial charge on any atom is -0.480 e. The van der Waals surface area contributed by atoms with Crippen LogP contribution in [0.25, 0.3) is 0 Å². The Bertz CT molecular complexity index is 280. The number of methoxy groups -OCH3 is 1. The molecule has 0 saturated carbocycles. The van der Waals surface area contributed by atoms with Gasteiger partial charge in [0, 0.05) is 0 Å². The highest BCUT2D eigenvalue weighted by atomic mass is 79.9. The van der Waals surface area contributed by atoms with E-state index in [0.717, 1.165) is 0 Å². The molecule has 0 radical (unpaired) electrons. The van der Waals surface area contributed by atoms with Crippen LogP contribution in [0.2, 0.25) is 0 Å². The first-order chi connectivity index (χ1) is 5.15. The second-order valence-electron chi connectivity index (χ2n) is 1.85. The summed E-state index contributed by atoms with van der Waals surface area (Å²) in [5.74, 6) is -0.438. The molecule has 0 atom stereocenters. The van der Waals surface area contributed by atoms with E-state index in [0.29, 0.717) is 4.47 Å². The van der Waals surface area contributed by atoms with Crippen LogP contribution in [-0.4, -0.2) is 12.1 Å². The van der Waals surface area contributed by atoms with E-state index in [1.54, 1.807) is 0 Å². The van der Waals surface area contributed by atoms with Gasteiger partial charge in [-0.15, -0.1) is 0 Å². The van der Waals surface area contributed by atoms with Gasteiger partial charge in [0.25, 0.3) is 0 Å². The van der Waals surface area contributed by atoms with Crippen LogP contribution in [0, 0.1) is 5.82 Å². The predicted octanol–water partition coefficient (Wildman–Crippen LogP) is 1.57. The van der Waals surface area contributed by atoms with E-state index in [-0.39, 0.29) is 11.7 Å². The van der Waals surface area contributed by atoms with Gasteiger partial charge in [-0.05, 0) is 22.0 Å². The van der Waals surface area contributed by atoms with E-state index < -0.39 is 5.82 Å². The maximum absolute atomic E-state index is 12.6. The molecule has 0 aliphatic rings. The van der Waals surface area contributed by atoms with Crippen LogP contribution in [0.4, 0.5) is 10.2 Å². The van der Waals surface area contributed by atoms with Gasteiger partial charge in [-0.3, -0.25) is 0 Å². The topological polar surface area (TPSA) is 48.1 Å². The highest BCUT2D eigenvalue weighted by molar-refractivity contribution is 9.10. The number of nitrogens with two attached hydrogens (primary N) is 1. The lowest BCUT2D eigenvalue weighted by Crippen LogP contribution is -1.98. The van der Waals surface area contributed by atoms with Gasteiger partial charge in [0.1, 0.15) is 0 Å². The van der Waals surface area contributed by atoms with E-state index in [9.17, 15) is 4.39 Å². The summed E-state index contributed by atoms with van der Waals surface area (Å²) < 4.78 is 17.8. The lowest BCUT2D eigenvalue weighted by atomic mass is 10.4. The van der Waals surface area contributed by atoms with Crippen LogP contribution >= 0.6 is 15.9 Å². The first kappa shape index (κ1) is 8.26. The fourth-order valence-electron chi connectivity index (χ4n) is 0.606. The Kier molecular flexibility index (Phi) is 2.28. The zero-order valence-electron chi connectivity index (χ0n) is 5.77. The lowest BCUT2D eigenvalue weighted by Gasteiger charge is -2.02. The number of hydrogen-bond acceptors (Lipinski definition) is 3. The van der Waals surface area contributed by atoms with E-state index in [1.807, 2.05) is 0 Å². The monoisotopic (exact) mass is 220 g/mol. The second-order valence-corrected chi connectivity index (χ2v) is 2.70. The van der Waals surface area contributed by atoms with Crippen LogP contribution in [0.1, 0.15) is 0 Å². The molecule has 0 aliphatic heterocycles. The minimum atomic E-state index is -0.558. The first-order valence-corrected chi connectivity index (χ1v) is 3.60. The summed E-state index contributed by atoms with van der Waals surface area (Å²) >= 11 is 3.06. The van der Waals surface area contributed by atoms with Gasteiger partial charge in [-0.25, -0.2) is 4.39 Å². The number of rotatable bonds is 1. The average Bonchev–Trinajstić information content (AvgIpc) is 1.97. The van der Waals surface area contributed by atoms with Crippen molar-refractivity contribution in [3.63, 3.8) is 0 Å². The van der Waals surface area contributed by atoms with Crippen LogP contribution in [0.5, 0.6) is 5.88 Å². The molecule has 1 aromatic rings. The fourth-order valence-corrected chi connectivity index (χ4v) is 1.06. The van der Waals surface area contributed by atoms with Crippen molar-refractivity contribution < 1.29 is 9.13 Å². The highest BCUT2D eigenvalue weighted by Gasteiger charge is 2.06. The van der Waals surface area contributed by atoms with E-state index >= 15 is 0 Å². The third-order valence-electron chi connectivity index (χ3n) is 1.12. The number of anilines is 1. The average molecular weight is 221 g/mol. The molecule has 0 amide bonds. The first-order valence-electron chi connectivity index (χ1n) is 2.80. The minimum absolute atomic E-state index is 0.162. The number of ether oxygens (including phenoxy) is 1. The number of nitrogen functional groups attached to an aromatic ring is 1. The summed E-state index contributed by atoms with van der Waals surface area (Å²) in [6.07, 6.45) is 0. The number of nitrogens with zero attached hydrogens (tertiary/aromatic N) is 1.